The van der Waals surface area contributed by atoms with Crippen LogP contribution in [0, 0.1) is 17.2 Å². The monoisotopic (exact) mass is 1540 g/mol. The van der Waals surface area contributed by atoms with Gasteiger partial charge in [-0.3, -0.25) is 53.4 Å². The van der Waals surface area contributed by atoms with E-state index in [1.807, 2.05) is 165 Å². The Morgan fingerprint density at radius 2 is 0.872 bits per heavy atom. The fourth-order valence-corrected chi connectivity index (χ4v) is 18.4. The summed E-state index contributed by atoms with van der Waals surface area (Å²) in [7, 11) is 7.96. The summed E-state index contributed by atoms with van der Waals surface area (Å²) in [6, 6.07) is 38.4. The Labute approximate surface area is 657 Å². The number of carbonyl (C=O) groups excluding carboxylic acids is 10. The molecule has 0 aromatic heterocycles. The molecule has 10 rings (SSSR count). The molecule has 6 amide bonds. The van der Waals surface area contributed by atoms with Gasteiger partial charge in [-0.15, -0.1) is 0 Å². The molecular formula is C87H112ClN9O10S2. The molecule has 4 heterocycles. The van der Waals surface area contributed by atoms with Gasteiger partial charge in [-0.05, 0) is 169 Å². The number of nitrogens with one attached hydrogen (secondary N) is 7. The lowest BCUT2D eigenvalue weighted by atomic mass is 9.94. The van der Waals surface area contributed by atoms with Crippen molar-refractivity contribution in [1.82, 2.24) is 31.9 Å². The van der Waals surface area contributed by atoms with Crippen LogP contribution in [0.25, 0.3) is 21.5 Å². The van der Waals surface area contributed by atoms with E-state index in [-0.39, 0.29) is 70.2 Å². The largest absolute Gasteiger partial charge is 0.378 e. The summed E-state index contributed by atoms with van der Waals surface area (Å²) in [5.41, 5.74) is 7.02. The van der Waals surface area contributed by atoms with E-state index in [0.29, 0.717) is 174 Å². The van der Waals surface area contributed by atoms with E-state index < -0.39 is 12.1 Å². The maximum absolute atomic E-state index is 13.5. The van der Waals surface area contributed by atoms with Crippen LogP contribution in [0.5, 0.6) is 0 Å². The average Bonchev–Trinajstić information content (AvgIpc) is 1.75. The lowest BCUT2D eigenvalue weighted by Gasteiger charge is -2.18. The van der Waals surface area contributed by atoms with Crippen LogP contribution in [0.4, 0.5) is 11.4 Å². The fourth-order valence-electron chi connectivity index (χ4n) is 14.9. The summed E-state index contributed by atoms with van der Waals surface area (Å²) in [5, 5.41) is 30.6. The molecule has 584 valence electrons. The van der Waals surface area contributed by atoms with Gasteiger partial charge in [0.05, 0.1) is 17.3 Å². The van der Waals surface area contributed by atoms with E-state index in [9.17, 15) is 47.9 Å². The number of rotatable bonds is 44. The number of hydrogen-bond donors (Lipinski definition) is 7. The van der Waals surface area contributed by atoms with E-state index in [1.165, 1.54) is 0 Å². The molecule has 0 saturated carbocycles. The number of halogens is 1. The van der Waals surface area contributed by atoms with Gasteiger partial charge in [0, 0.05) is 174 Å². The highest BCUT2D eigenvalue weighted by Gasteiger charge is 2.44. The molecule has 109 heavy (non-hydrogen) atoms. The van der Waals surface area contributed by atoms with Crippen LogP contribution in [-0.2, 0) is 64.0 Å². The molecule has 4 aliphatic rings. The van der Waals surface area contributed by atoms with Crippen molar-refractivity contribution < 1.29 is 47.9 Å². The van der Waals surface area contributed by atoms with E-state index >= 15 is 0 Å². The first-order chi connectivity index (χ1) is 52.5. The molecule has 22 heteroatoms. The number of hydrogen-bond acceptors (Lipinski definition) is 15. The van der Waals surface area contributed by atoms with Gasteiger partial charge in [-0.1, -0.05) is 123 Å². The van der Waals surface area contributed by atoms with Crippen LogP contribution in [0.15, 0.2) is 121 Å². The van der Waals surface area contributed by atoms with E-state index in [2.05, 4.69) is 51.0 Å². The molecule has 7 N–H and O–H groups in total. The summed E-state index contributed by atoms with van der Waals surface area (Å²) >= 11 is 9.64. The molecule has 6 unspecified atom stereocenters. The highest BCUT2D eigenvalue weighted by atomic mass is 35.5. The van der Waals surface area contributed by atoms with Gasteiger partial charge in [0.2, 0.25) is 23.6 Å². The second-order valence-electron chi connectivity index (χ2n) is 30.3. The van der Waals surface area contributed by atoms with Gasteiger partial charge in [-0.2, -0.15) is 23.5 Å². The maximum Gasteiger partial charge on any atom is 0.251 e. The van der Waals surface area contributed by atoms with Crippen molar-refractivity contribution in [1.29, 1.82) is 5.41 Å². The summed E-state index contributed by atoms with van der Waals surface area (Å²) < 4.78 is 0. The maximum atomic E-state index is 13.5. The third kappa shape index (κ3) is 27.2. The number of amides is 6. The highest BCUT2D eigenvalue weighted by molar-refractivity contribution is 8.00. The number of benzene rings is 6. The molecule has 6 aromatic carbocycles. The molecule has 4 fully saturated rings. The zero-order valence-electron chi connectivity index (χ0n) is 64.3. The van der Waals surface area contributed by atoms with Gasteiger partial charge in [0.1, 0.15) is 11.6 Å². The Bertz CT molecular complexity index is 4130. The number of unbranched alkanes of at least 4 members (excludes halogenated alkanes) is 4. The number of aryl methyl sites for hydroxylation is 2. The summed E-state index contributed by atoms with van der Waals surface area (Å²) in [6.07, 6.45) is 16.9. The Morgan fingerprint density at radius 1 is 0.477 bits per heavy atom. The van der Waals surface area contributed by atoms with Crippen LogP contribution in [0.2, 0.25) is 0 Å². The topological polar surface area (TPSA) is 273 Å². The Morgan fingerprint density at radius 3 is 1.28 bits per heavy atom. The molecule has 4 saturated heterocycles. The van der Waals surface area contributed by atoms with Gasteiger partial charge in [0.25, 0.3) is 11.8 Å². The predicted molar refractivity (Wildman–Crippen MR) is 442 cm³/mol. The smallest absolute Gasteiger partial charge is 0.251 e. The lowest BCUT2D eigenvalue weighted by Crippen LogP contribution is -2.41. The summed E-state index contributed by atoms with van der Waals surface area (Å²) in [6.45, 7) is 3.05. The minimum absolute atomic E-state index is 0.0198. The van der Waals surface area contributed by atoms with Gasteiger partial charge < -0.3 is 41.7 Å². The highest BCUT2D eigenvalue weighted by Crippen LogP contribution is 2.42. The quantitative estimate of drug-likeness (QED) is 0.0138. The summed E-state index contributed by atoms with van der Waals surface area (Å²) in [5.74, 6) is 2.97. The fraction of sp³-hybridized carbons (Fsp3) is 0.506. The number of ketones is 4. The molecule has 0 aliphatic carbocycles. The van der Waals surface area contributed by atoms with Gasteiger partial charge >= 0.3 is 0 Å². The first kappa shape index (κ1) is 84.6. The first-order valence-corrected chi connectivity index (χ1v) is 41.9. The minimum Gasteiger partial charge on any atom is -0.378 e. The second kappa shape index (κ2) is 43.3. The molecule has 0 radical (unpaired) electrons. The Balaban J connectivity index is 0.000000252. The molecular weight excluding hydrogens is 1430 g/mol. The van der Waals surface area contributed by atoms with Crippen molar-refractivity contribution >= 4 is 132 Å². The first-order valence-electron chi connectivity index (χ1n) is 39.4. The zero-order chi connectivity index (χ0) is 77.8. The predicted octanol–water partition coefficient (Wildman–Crippen LogP) is 13.8. The molecule has 19 nitrogen and oxygen atoms in total. The third-order valence-corrected chi connectivity index (χ3v) is 24.8. The standard InChI is InChI=1S/C44H56ClN5O5S.C43H56N4O5S/c1-50(2)34-21-20-31-25-33(19-18-32(31)26-34)44(55)49-37(9-3-5-11-41(45)46)39(52)22-17-29-13-15-30(16-14-29)24-35(51)8-7-23-47-42(53)12-6-4-10-40-36-27-43(54)48-38(36)28-56-40;1-4-5-10-37(46-43(52)33-19-18-32-26-34(47(2)3)21-20-31(32)25-33)39(49)22-17-29-13-15-30(16-14-29)24-35(48)9-8-23-44-41(50)12-7-6-11-40-36-27-42(51)45-38(36)28-53-40/h13-16,18-21,25-26,36-38,40,46H,3-12,17,22-24,27-28H2,1-2H3,(H,47,53)(H,48,54)(H,49,55);13-16,18-21,25-26,36-38,40H,4-12,17,22-24,27-28H2,1-3H3,(H,44,50)(H,45,51)(H,46,52)/t2*36?,37-,38?,40?/m00/s1. The summed E-state index contributed by atoms with van der Waals surface area (Å²) in [4.78, 5) is 131. The van der Waals surface area contributed by atoms with Crippen molar-refractivity contribution in [2.75, 3.05) is 62.6 Å². The molecule has 8 atom stereocenters. The van der Waals surface area contributed by atoms with Gasteiger partial charge in [0.15, 0.2) is 11.6 Å². The van der Waals surface area contributed by atoms with E-state index in [0.717, 1.165) is 118 Å². The number of nitrogens with zero attached hydrogens (tertiary/aromatic N) is 2. The number of Topliss-reactive ketones (excluding diaryl/α,β-unsaturated/α-hetero) is 4. The van der Waals surface area contributed by atoms with Crippen molar-refractivity contribution in [3.63, 3.8) is 0 Å². The lowest BCUT2D eigenvalue weighted by molar-refractivity contribution is -0.122. The van der Waals surface area contributed by atoms with Crippen LogP contribution in [-0.4, -0.2) is 151 Å². The molecule has 6 aromatic rings. The van der Waals surface area contributed by atoms with Crippen LogP contribution in [0.1, 0.15) is 198 Å². The van der Waals surface area contributed by atoms with Crippen molar-refractivity contribution in [2.24, 2.45) is 11.8 Å². The van der Waals surface area contributed by atoms with Crippen molar-refractivity contribution in [3.8, 4) is 0 Å². The molecule has 4 aliphatic heterocycles. The number of fused-ring (bicyclic) bond motifs is 4. The number of anilines is 2. The SMILES string of the molecule is CCCC[C@H](NC(=O)c1ccc2cc(N(C)C)ccc2c1)C(=O)CCc1ccc(CC(=O)CCCNC(=O)CCCCC2SCC3NC(=O)CC32)cc1.CN(C)c1ccc2cc(C(=O)N[C@@H](CCCCC(=N)Cl)C(=O)CCc3ccc(CC(=O)CCCNC(=O)CCCCC4SCC5NC(=O)CC54)cc3)ccc2c1. The Hall–Kier alpha value is -8.40. The zero-order valence-corrected chi connectivity index (χ0v) is 66.6. The van der Waals surface area contributed by atoms with Crippen LogP contribution < -0.4 is 41.7 Å². The number of thioether (sulfide) groups is 2. The normalized spacial score (nSPS) is 18.1. The van der Waals surface area contributed by atoms with E-state index in [1.54, 1.807) is 6.07 Å². The van der Waals surface area contributed by atoms with Crippen molar-refractivity contribution in [2.45, 2.75) is 215 Å². The Kier molecular flexibility index (Phi) is 33.6. The van der Waals surface area contributed by atoms with Crippen LogP contribution >= 0.6 is 35.1 Å². The van der Waals surface area contributed by atoms with Crippen LogP contribution in [0.3, 0.4) is 0 Å². The van der Waals surface area contributed by atoms with E-state index in [4.69, 9.17) is 17.0 Å². The van der Waals surface area contributed by atoms with Crippen molar-refractivity contribution in [3.05, 3.63) is 155 Å². The number of carbonyl (C=O) groups is 10. The second-order valence-corrected chi connectivity index (χ2v) is 33.3. The third-order valence-electron chi connectivity index (χ3n) is 21.4. The minimum atomic E-state index is -0.659. The molecule has 0 bridgehead atoms. The average molecular weight is 1540 g/mol. The molecule has 0 spiro atoms. The van der Waals surface area contributed by atoms with Gasteiger partial charge in [-0.25, -0.2) is 0 Å².